The molecule has 4 heteroatoms. The Bertz CT molecular complexity index is 397. The lowest BCUT2D eigenvalue weighted by atomic mass is 9.95. The van der Waals surface area contributed by atoms with Crippen LogP contribution in [0.5, 0.6) is 0 Å². The van der Waals surface area contributed by atoms with Gasteiger partial charge in [-0.2, -0.15) is 0 Å². The molecule has 0 radical (unpaired) electrons. The minimum absolute atomic E-state index is 0.557. The molecule has 2 rings (SSSR count). The van der Waals surface area contributed by atoms with Gasteiger partial charge in [-0.15, -0.1) is 0 Å². The van der Waals surface area contributed by atoms with E-state index in [9.17, 15) is 0 Å². The van der Waals surface area contributed by atoms with Crippen molar-refractivity contribution < 1.29 is 0 Å². The Balaban J connectivity index is 2.14. The summed E-state index contributed by atoms with van der Waals surface area (Å²) in [6, 6.07) is 0.557. The molecule has 0 spiro atoms. The summed E-state index contributed by atoms with van der Waals surface area (Å²) in [7, 11) is 0. The van der Waals surface area contributed by atoms with Gasteiger partial charge in [0.25, 0.3) is 0 Å². The number of rotatable bonds is 4. The van der Waals surface area contributed by atoms with Crippen molar-refractivity contribution in [2.75, 3.05) is 11.1 Å². The van der Waals surface area contributed by atoms with E-state index in [2.05, 4.69) is 22.2 Å². The van der Waals surface area contributed by atoms with Crippen LogP contribution in [-0.4, -0.2) is 16.0 Å². The van der Waals surface area contributed by atoms with Crippen LogP contribution in [-0.2, 0) is 6.42 Å². The Labute approximate surface area is 109 Å². The molecule has 1 saturated carbocycles. The van der Waals surface area contributed by atoms with Crippen molar-refractivity contribution in [1.82, 2.24) is 9.97 Å². The molecule has 0 bridgehead atoms. The molecule has 0 aromatic carbocycles. The summed E-state index contributed by atoms with van der Waals surface area (Å²) in [6.45, 7) is 4.13. The minimum atomic E-state index is 0.557. The zero-order valence-electron chi connectivity index (χ0n) is 11.5. The van der Waals surface area contributed by atoms with Crippen LogP contribution >= 0.6 is 0 Å². The molecule has 3 N–H and O–H groups in total. The van der Waals surface area contributed by atoms with Gasteiger partial charge >= 0.3 is 0 Å². The van der Waals surface area contributed by atoms with Crippen molar-refractivity contribution in [3.05, 3.63) is 11.4 Å². The third-order valence-electron chi connectivity index (χ3n) is 3.65. The first-order valence-electron chi connectivity index (χ1n) is 7.10. The second kappa shape index (κ2) is 6.03. The van der Waals surface area contributed by atoms with Crippen molar-refractivity contribution in [1.29, 1.82) is 0 Å². The van der Waals surface area contributed by atoms with Gasteiger partial charge in [-0.3, -0.25) is 0 Å². The fourth-order valence-corrected chi connectivity index (χ4v) is 2.50. The average molecular weight is 248 g/mol. The maximum atomic E-state index is 5.97. The molecule has 1 heterocycles. The van der Waals surface area contributed by atoms with Gasteiger partial charge in [0, 0.05) is 18.0 Å². The number of nitrogens with one attached hydrogen (secondary N) is 1. The zero-order chi connectivity index (χ0) is 13.0. The molecule has 0 amide bonds. The number of hydrogen-bond acceptors (Lipinski definition) is 4. The van der Waals surface area contributed by atoms with E-state index < -0.39 is 0 Å². The molecule has 0 aliphatic heterocycles. The predicted molar refractivity (Wildman–Crippen MR) is 75.7 cm³/mol. The van der Waals surface area contributed by atoms with Gasteiger partial charge in [-0.05, 0) is 26.2 Å². The van der Waals surface area contributed by atoms with Gasteiger partial charge in [0.05, 0.1) is 0 Å². The van der Waals surface area contributed by atoms with Crippen LogP contribution in [0.25, 0.3) is 0 Å². The predicted octanol–water partition coefficient (Wildman–Crippen LogP) is 3.06. The minimum Gasteiger partial charge on any atom is -0.383 e. The highest BCUT2D eigenvalue weighted by molar-refractivity contribution is 5.55. The zero-order valence-corrected chi connectivity index (χ0v) is 11.5. The second-order valence-electron chi connectivity index (χ2n) is 5.23. The van der Waals surface area contributed by atoms with Crippen LogP contribution in [0.15, 0.2) is 0 Å². The summed E-state index contributed by atoms with van der Waals surface area (Å²) in [5.74, 6) is 2.42. The summed E-state index contributed by atoms with van der Waals surface area (Å²) in [4.78, 5) is 8.96. The van der Waals surface area contributed by atoms with Crippen molar-refractivity contribution in [3.8, 4) is 0 Å². The normalized spacial score (nSPS) is 16.8. The van der Waals surface area contributed by atoms with E-state index >= 15 is 0 Å². The number of aryl methyl sites for hydroxylation is 1. The van der Waals surface area contributed by atoms with Gasteiger partial charge in [-0.1, -0.05) is 26.2 Å². The van der Waals surface area contributed by atoms with Gasteiger partial charge in [0.1, 0.15) is 17.5 Å². The maximum absolute atomic E-state index is 5.97. The molecule has 18 heavy (non-hydrogen) atoms. The summed E-state index contributed by atoms with van der Waals surface area (Å²) >= 11 is 0. The molecule has 1 fully saturated rings. The monoisotopic (exact) mass is 248 g/mol. The van der Waals surface area contributed by atoms with Crippen LogP contribution in [0.1, 0.15) is 56.8 Å². The van der Waals surface area contributed by atoms with Gasteiger partial charge in [-0.25, -0.2) is 9.97 Å². The standard InChI is InChI=1S/C14H24N4/c1-3-7-12-17-13(15)10(2)14(18-12)16-11-8-5-4-6-9-11/h11H,3-9H2,1-2H3,(H3,15,16,17,18). The first-order chi connectivity index (χ1) is 8.70. The lowest BCUT2D eigenvalue weighted by Crippen LogP contribution is -2.24. The molecule has 1 aromatic heterocycles. The van der Waals surface area contributed by atoms with Crippen LogP contribution < -0.4 is 11.1 Å². The quantitative estimate of drug-likeness (QED) is 0.859. The van der Waals surface area contributed by atoms with E-state index in [4.69, 9.17) is 5.73 Å². The molecule has 0 saturated heterocycles. The van der Waals surface area contributed by atoms with Crippen molar-refractivity contribution in [2.45, 2.75) is 64.8 Å². The maximum Gasteiger partial charge on any atom is 0.134 e. The smallest absolute Gasteiger partial charge is 0.134 e. The first kappa shape index (κ1) is 13.1. The van der Waals surface area contributed by atoms with E-state index in [0.29, 0.717) is 11.9 Å². The molecule has 0 atom stereocenters. The summed E-state index contributed by atoms with van der Waals surface area (Å²) < 4.78 is 0. The average Bonchev–Trinajstić information content (AvgIpc) is 2.37. The van der Waals surface area contributed by atoms with E-state index in [1.165, 1.54) is 32.1 Å². The van der Waals surface area contributed by atoms with Gasteiger partial charge < -0.3 is 11.1 Å². The molecule has 0 unspecified atom stereocenters. The lowest BCUT2D eigenvalue weighted by Gasteiger charge is -2.24. The molecular formula is C14H24N4. The Hall–Kier alpha value is -1.32. The highest BCUT2D eigenvalue weighted by Gasteiger charge is 2.16. The van der Waals surface area contributed by atoms with E-state index in [-0.39, 0.29) is 0 Å². The van der Waals surface area contributed by atoms with Crippen molar-refractivity contribution in [3.63, 3.8) is 0 Å². The molecule has 1 aliphatic carbocycles. The Morgan fingerprint density at radius 1 is 1.22 bits per heavy atom. The Kier molecular flexibility index (Phi) is 4.39. The molecule has 100 valence electrons. The molecule has 1 aliphatic rings. The fraction of sp³-hybridized carbons (Fsp3) is 0.714. The molecule has 4 nitrogen and oxygen atoms in total. The van der Waals surface area contributed by atoms with Crippen molar-refractivity contribution >= 4 is 11.6 Å². The van der Waals surface area contributed by atoms with Crippen molar-refractivity contribution in [2.24, 2.45) is 0 Å². The SMILES string of the molecule is CCCc1nc(N)c(C)c(NC2CCCCC2)n1. The number of hydrogen-bond donors (Lipinski definition) is 2. The van der Waals surface area contributed by atoms with Gasteiger partial charge in [0.15, 0.2) is 0 Å². The number of nitrogens with zero attached hydrogens (tertiary/aromatic N) is 2. The number of nitrogen functional groups attached to an aromatic ring is 1. The Morgan fingerprint density at radius 2 is 1.94 bits per heavy atom. The summed E-state index contributed by atoms with van der Waals surface area (Å²) in [6.07, 6.45) is 8.43. The molecular weight excluding hydrogens is 224 g/mol. The van der Waals surface area contributed by atoms with Gasteiger partial charge in [0.2, 0.25) is 0 Å². The number of anilines is 2. The third-order valence-corrected chi connectivity index (χ3v) is 3.65. The topological polar surface area (TPSA) is 63.8 Å². The van der Waals surface area contributed by atoms with Crippen LogP contribution in [0.4, 0.5) is 11.6 Å². The molecule has 1 aromatic rings. The summed E-state index contributed by atoms with van der Waals surface area (Å²) in [5.41, 5.74) is 6.95. The highest BCUT2D eigenvalue weighted by atomic mass is 15.1. The third kappa shape index (κ3) is 3.12. The Morgan fingerprint density at radius 3 is 2.61 bits per heavy atom. The van der Waals surface area contributed by atoms with Crippen LogP contribution in [0, 0.1) is 6.92 Å². The fourth-order valence-electron chi connectivity index (χ4n) is 2.50. The van der Waals surface area contributed by atoms with E-state index in [1.54, 1.807) is 0 Å². The second-order valence-corrected chi connectivity index (χ2v) is 5.23. The van der Waals surface area contributed by atoms with Crippen LogP contribution in [0.2, 0.25) is 0 Å². The van der Waals surface area contributed by atoms with E-state index in [1.807, 2.05) is 6.92 Å². The number of aromatic nitrogens is 2. The van der Waals surface area contributed by atoms with Crippen LogP contribution in [0.3, 0.4) is 0 Å². The lowest BCUT2D eigenvalue weighted by molar-refractivity contribution is 0.461. The highest BCUT2D eigenvalue weighted by Crippen LogP contribution is 2.24. The largest absolute Gasteiger partial charge is 0.383 e. The van der Waals surface area contributed by atoms with E-state index in [0.717, 1.165) is 30.0 Å². The summed E-state index contributed by atoms with van der Waals surface area (Å²) in [5, 5.41) is 3.56. The first-order valence-corrected chi connectivity index (χ1v) is 7.10. The number of nitrogens with two attached hydrogens (primary N) is 1.